The average Bonchev–Trinajstić information content (AvgIpc) is 3.09. The molecule has 1 aliphatic heterocycles. The first kappa shape index (κ1) is 22.9. The van der Waals surface area contributed by atoms with Gasteiger partial charge in [-0.05, 0) is 31.9 Å². The number of benzene rings is 1. The van der Waals surface area contributed by atoms with Gasteiger partial charge in [0, 0.05) is 45.5 Å². The molecule has 0 saturated carbocycles. The Bertz CT molecular complexity index is 1100. The van der Waals surface area contributed by atoms with Gasteiger partial charge in [-0.1, -0.05) is 5.16 Å². The zero-order valence-corrected chi connectivity index (χ0v) is 18.2. The smallest absolute Gasteiger partial charge is 0.248 e. The van der Waals surface area contributed by atoms with Gasteiger partial charge in [-0.3, -0.25) is 4.79 Å². The third kappa shape index (κ3) is 5.10. The number of aryl methyl sites for hydroxylation is 1. The summed E-state index contributed by atoms with van der Waals surface area (Å²) in [6.45, 7) is 1.70. The van der Waals surface area contributed by atoms with Crippen molar-refractivity contribution < 1.29 is 26.5 Å². The SMILES string of the molecule is Cc1noc(/C=C/N(C)C)c1S(=O)(=O)N1CCC[C@@H](C(=O)Nc2ccc(F)cc2F)C1. The Morgan fingerprint density at radius 2 is 2.10 bits per heavy atom. The molecule has 0 radical (unpaired) electrons. The van der Waals surface area contributed by atoms with Crippen molar-refractivity contribution in [2.75, 3.05) is 32.5 Å². The highest BCUT2D eigenvalue weighted by Crippen LogP contribution is 2.29. The predicted molar refractivity (Wildman–Crippen MR) is 110 cm³/mol. The molecule has 0 bridgehead atoms. The van der Waals surface area contributed by atoms with Gasteiger partial charge in [0.15, 0.2) is 10.7 Å². The van der Waals surface area contributed by atoms with Crippen LogP contribution in [0.15, 0.2) is 33.8 Å². The van der Waals surface area contributed by atoms with Crippen molar-refractivity contribution in [2.45, 2.75) is 24.7 Å². The van der Waals surface area contributed by atoms with E-state index in [1.54, 1.807) is 25.2 Å². The van der Waals surface area contributed by atoms with E-state index in [-0.39, 0.29) is 35.1 Å². The molecule has 1 aromatic carbocycles. The van der Waals surface area contributed by atoms with Gasteiger partial charge in [-0.25, -0.2) is 17.2 Å². The van der Waals surface area contributed by atoms with Crippen molar-refractivity contribution in [3.05, 3.63) is 47.5 Å². The highest BCUT2D eigenvalue weighted by molar-refractivity contribution is 7.89. The molecule has 0 spiro atoms. The van der Waals surface area contributed by atoms with Crippen LogP contribution in [-0.4, -0.2) is 55.9 Å². The summed E-state index contributed by atoms with van der Waals surface area (Å²) in [5.74, 6) is -2.76. The van der Waals surface area contributed by atoms with E-state index >= 15 is 0 Å². The van der Waals surface area contributed by atoms with Gasteiger partial charge in [0.25, 0.3) is 0 Å². The van der Waals surface area contributed by atoms with E-state index in [4.69, 9.17) is 4.52 Å². The van der Waals surface area contributed by atoms with E-state index in [2.05, 4.69) is 10.5 Å². The van der Waals surface area contributed by atoms with Crippen LogP contribution in [0.5, 0.6) is 0 Å². The minimum absolute atomic E-state index is 0.0452. The quantitative estimate of drug-likeness (QED) is 0.721. The van der Waals surface area contributed by atoms with E-state index in [0.717, 1.165) is 12.1 Å². The number of carbonyl (C=O) groups excluding carboxylic acids is 1. The highest BCUT2D eigenvalue weighted by atomic mass is 32.2. The zero-order valence-electron chi connectivity index (χ0n) is 17.4. The zero-order chi connectivity index (χ0) is 22.8. The number of amides is 1. The van der Waals surface area contributed by atoms with Crippen LogP contribution < -0.4 is 5.32 Å². The first-order chi connectivity index (χ1) is 14.6. The number of hydrogen-bond acceptors (Lipinski definition) is 6. The summed E-state index contributed by atoms with van der Waals surface area (Å²) >= 11 is 0. The Hall–Kier alpha value is -2.79. The minimum Gasteiger partial charge on any atom is -0.383 e. The minimum atomic E-state index is -3.98. The van der Waals surface area contributed by atoms with E-state index in [1.807, 2.05) is 0 Å². The maximum Gasteiger partial charge on any atom is 0.248 e. The number of nitrogens with zero attached hydrogens (tertiary/aromatic N) is 3. The first-order valence-electron chi connectivity index (χ1n) is 9.66. The number of hydrogen-bond donors (Lipinski definition) is 1. The van der Waals surface area contributed by atoms with Crippen molar-refractivity contribution in [2.24, 2.45) is 5.92 Å². The standard InChI is InChI=1S/C20H24F2N4O4S/c1-13-19(18(30-24-13)8-10-25(2)3)31(28,29)26-9-4-5-14(12-26)20(27)23-17-7-6-15(21)11-16(17)22/h6-8,10-11,14H,4-5,9,12H2,1-3H3,(H,23,27)/b10-8+/t14-/m1/s1. The molecule has 3 rings (SSSR count). The number of sulfonamides is 1. The fourth-order valence-electron chi connectivity index (χ4n) is 3.34. The van der Waals surface area contributed by atoms with Gasteiger partial charge in [0.1, 0.15) is 17.3 Å². The molecular weight excluding hydrogens is 430 g/mol. The summed E-state index contributed by atoms with van der Waals surface area (Å²) in [6, 6.07) is 2.84. The van der Waals surface area contributed by atoms with Crippen LogP contribution in [-0.2, 0) is 14.8 Å². The van der Waals surface area contributed by atoms with Crippen LogP contribution in [0.25, 0.3) is 6.08 Å². The summed E-state index contributed by atoms with van der Waals surface area (Å²) in [5, 5.41) is 6.20. The Morgan fingerprint density at radius 1 is 1.35 bits per heavy atom. The number of aromatic nitrogens is 1. The van der Waals surface area contributed by atoms with Crippen molar-refractivity contribution in [1.29, 1.82) is 0 Å². The summed E-state index contributed by atoms with van der Waals surface area (Å²) in [6.07, 6.45) is 4.05. The van der Waals surface area contributed by atoms with E-state index in [1.165, 1.54) is 17.3 Å². The van der Waals surface area contributed by atoms with E-state index in [9.17, 15) is 22.0 Å². The molecule has 0 unspecified atom stereocenters. The summed E-state index contributed by atoms with van der Waals surface area (Å²) in [4.78, 5) is 14.3. The Morgan fingerprint density at radius 3 is 2.77 bits per heavy atom. The number of anilines is 1. The second kappa shape index (κ2) is 9.15. The van der Waals surface area contributed by atoms with Crippen LogP contribution in [0.2, 0.25) is 0 Å². The molecule has 1 aliphatic rings. The molecule has 1 amide bonds. The number of nitrogens with one attached hydrogen (secondary N) is 1. The van der Waals surface area contributed by atoms with E-state index < -0.39 is 33.5 Å². The molecule has 11 heteroatoms. The molecule has 1 atom stereocenters. The van der Waals surface area contributed by atoms with Crippen molar-refractivity contribution in [1.82, 2.24) is 14.4 Å². The van der Waals surface area contributed by atoms with Crippen LogP contribution >= 0.6 is 0 Å². The molecule has 1 saturated heterocycles. The predicted octanol–water partition coefficient (Wildman–Crippen LogP) is 2.83. The van der Waals surface area contributed by atoms with Gasteiger partial charge >= 0.3 is 0 Å². The third-order valence-electron chi connectivity index (χ3n) is 4.90. The fourth-order valence-corrected chi connectivity index (χ4v) is 5.12. The van der Waals surface area contributed by atoms with Gasteiger partial charge in [0.05, 0.1) is 11.6 Å². The van der Waals surface area contributed by atoms with Crippen LogP contribution in [0.4, 0.5) is 14.5 Å². The van der Waals surface area contributed by atoms with Gasteiger partial charge in [-0.15, -0.1) is 0 Å². The maximum atomic E-state index is 13.9. The normalized spacial score (nSPS) is 17.8. The number of rotatable bonds is 6. The monoisotopic (exact) mass is 454 g/mol. The fraction of sp³-hybridized carbons (Fsp3) is 0.400. The topological polar surface area (TPSA) is 95.8 Å². The van der Waals surface area contributed by atoms with Gasteiger partial charge in [0.2, 0.25) is 15.9 Å². The maximum absolute atomic E-state index is 13.9. The van der Waals surface area contributed by atoms with Gasteiger partial charge in [-0.2, -0.15) is 4.31 Å². The number of carbonyl (C=O) groups is 1. The second-order valence-electron chi connectivity index (χ2n) is 7.56. The molecule has 2 heterocycles. The molecule has 1 N–H and O–H groups in total. The first-order valence-corrected chi connectivity index (χ1v) is 11.1. The molecule has 1 fully saturated rings. The van der Waals surface area contributed by atoms with E-state index in [0.29, 0.717) is 18.9 Å². The third-order valence-corrected chi connectivity index (χ3v) is 6.92. The lowest BCUT2D eigenvalue weighted by Gasteiger charge is -2.31. The molecule has 2 aromatic rings. The average molecular weight is 454 g/mol. The molecule has 31 heavy (non-hydrogen) atoms. The largest absolute Gasteiger partial charge is 0.383 e. The lowest BCUT2D eigenvalue weighted by Crippen LogP contribution is -2.44. The summed E-state index contributed by atoms with van der Waals surface area (Å²) in [7, 11) is -0.410. The van der Waals surface area contributed by atoms with Gasteiger partial charge < -0.3 is 14.7 Å². The van der Waals surface area contributed by atoms with Crippen LogP contribution in [0.3, 0.4) is 0 Å². The molecule has 168 valence electrons. The highest BCUT2D eigenvalue weighted by Gasteiger charge is 2.37. The van der Waals surface area contributed by atoms with Crippen LogP contribution in [0.1, 0.15) is 24.3 Å². The Kier molecular flexibility index (Phi) is 6.75. The van der Waals surface area contributed by atoms with Crippen molar-refractivity contribution >= 4 is 27.7 Å². The molecule has 1 aromatic heterocycles. The molecule has 8 nitrogen and oxygen atoms in total. The molecule has 0 aliphatic carbocycles. The summed E-state index contributed by atoms with van der Waals surface area (Å²) < 4.78 is 59.9. The Labute approximate surface area is 179 Å². The number of piperidine rings is 1. The number of halogens is 2. The second-order valence-corrected chi connectivity index (χ2v) is 9.43. The molecular formula is C20H24F2N4O4S. The lowest BCUT2D eigenvalue weighted by atomic mass is 9.98. The summed E-state index contributed by atoms with van der Waals surface area (Å²) in [5.41, 5.74) is 0.0655. The van der Waals surface area contributed by atoms with Crippen LogP contribution in [0, 0.1) is 24.5 Å². The Balaban J connectivity index is 1.80. The van der Waals surface area contributed by atoms with Crippen molar-refractivity contribution in [3.63, 3.8) is 0 Å². The lowest BCUT2D eigenvalue weighted by molar-refractivity contribution is -0.120. The van der Waals surface area contributed by atoms with Crippen molar-refractivity contribution in [3.8, 4) is 0 Å².